The maximum absolute atomic E-state index is 5.58. The van der Waals surface area contributed by atoms with Crippen LogP contribution in [0.3, 0.4) is 0 Å². The fourth-order valence-corrected chi connectivity index (χ4v) is 0.863. The van der Waals surface area contributed by atoms with E-state index in [-0.39, 0.29) is 0 Å². The number of rotatable bonds is 1. The van der Waals surface area contributed by atoms with E-state index in [1.54, 1.807) is 25.2 Å². The van der Waals surface area contributed by atoms with Gasteiger partial charge in [0.25, 0.3) is 0 Å². The number of nitrogens with two attached hydrogens (primary N) is 3. The van der Waals surface area contributed by atoms with E-state index in [9.17, 15) is 0 Å². The number of amidine groups is 1. The molecule has 0 bridgehead atoms. The molecule has 0 aliphatic heterocycles. The van der Waals surface area contributed by atoms with Crippen molar-refractivity contribution >= 4 is 17.2 Å². The molecule has 0 aliphatic rings. The molecule has 0 fully saturated rings. The number of hydrogen-bond donors (Lipinski definition) is 3. The molecular formula is C8H12N4. The molecule has 0 unspecified atom stereocenters. The third kappa shape index (κ3) is 1.47. The average Bonchev–Trinajstić information content (AvgIpc) is 2.08. The summed E-state index contributed by atoms with van der Waals surface area (Å²) in [5.74, 6) is 0.460. The predicted octanol–water partition coefficient (Wildman–Crippen LogP) is 0.186. The molecule has 4 heteroatoms. The molecule has 12 heavy (non-hydrogen) atoms. The van der Waals surface area contributed by atoms with Crippen molar-refractivity contribution in [2.24, 2.45) is 10.7 Å². The Kier molecular flexibility index (Phi) is 2.19. The van der Waals surface area contributed by atoms with Crippen LogP contribution in [-0.2, 0) is 0 Å². The largest absolute Gasteiger partial charge is 0.397 e. The fraction of sp³-hybridized carbons (Fsp3) is 0.125. The second-order valence-electron chi connectivity index (χ2n) is 2.45. The zero-order valence-corrected chi connectivity index (χ0v) is 6.91. The van der Waals surface area contributed by atoms with Crippen LogP contribution in [0.25, 0.3) is 0 Å². The number of benzene rings is 1. The van der Waals surface area contributed by atoms with Gasteiger partial charge in [-0.2, -0.15) is 0 Å². The van der Waals surface area contributed by atoms with Gasteiger partial charge in [0.15, 0.2) is 0 Å². The lowest BCUT2D eigenvalue weighted by atomic mass is 10.1. The van der Waals surface area contributed by atoms with Gasteiger partial charge in [0, 0.05) is 12.6 Å². The fourth-order valence-electron chi connectivity index (χ4n) is 0.863. The van der Waals surface area contributed by atoms with Crippen LogP contribution in [-0.4, -0.2) is 12.9 Å². The van der Waals surface area contributed by atoms with Crippen molar-refractivity contribution < 1.29 is 0 Å². The third-order valence-corrected chi connectivity index (χ3v) is 1.62. The summed E-state index contributed by atoms with van der Waals surface area (Å²) < 4.78 is 0. The molecule has 0 saturated heterocycles. The summed E-state index contributed by atoms with van der Waals surface area (Å²) in [5, 5.41) is 0. The molecule has 1 rings (SSSR count). The topological polar surface area (TPSA) is 90.4 Å². The average molecular weight is 164 g/mol. The Morgan fingerprint density at radius 3 is 2.42 bits per heavy atom. The minimum absolute atomic E-state index is 0.460. The molecule has 4 nitrogen and oxygen atoms in total. The van der Waals surface area contributed by atoms with E-state index in [0.29, 0.717) is 17.2 Å². The van der Waals surface area contributed by atoms with Crippen molar-refractivity contribution in [1.82, 2.24) is 0 Å². The number of hydrogen-bond acceptors (Lipinski definition) is 3. The number of nitrogens with zero attached hydrogens (tertiary/aromatic N) is 1. The zero-order chi connectivity index (χ0) is 9.14. The second kappa shape index (κ2) is 3.13. The van der Waals surface area contributed by atoms with Gasteiger partial charge in [-0.05, 0) is 18.2 Å². The third-order valence-electron chi connectivity index (χ3n) is 1.62. The first-order chi connectivity index (χ1) is 5.65. The summed E-state index contributed by atoms with van der Waals surface area (Å²) in [4.78, 5) is 3.83. The van der Waals surface area contributed by atoms with Crippen LogP contribution in [0.15, 0.2) is 23.2 Å². The van der Waals surface area contributed by atoms with Crippen LogP contribution < -0.4 is 17.2 Å². The standard InChI is InChI=1S/C8H12N4/c1-12-8(11)5-2-3-6(9)7(10)4-5/h2-4H,9-10H2,1H3,(H2,11,12). The molecular weight excluding hydrogens is 152 g/mol. The van der Waals surface area contributed by atoms with Crippen molar-refractivity contribution in [1.29, 1.82) is 0 Å². The maximum atomic E-state index is 5.58. The Bertz CT molecular complexity index is 317. The van der Waals surface area contributed by atoms with E-state index < -0.39 is 0 Å². The summed E-state index contributed by atoms with van der Waals surface area (Å²) in [6.45, 7) is 0. The predicted molar refractivity (Wildman–Crippen MR) is 51.9 cm³/mol. The van der Waals surface area contributed by atoms with Gasteiger partial charge in [0.05, 0.1) is 11.4 Å². The second-order valence-corrected chi connectivity index (χ2v) is 2.45. The Morgan fingerprint density at radius 2 is 1.92 bits per heavy atom. The molecule has 0 saturated carbocycles. The van der Waals surface area contributed by atoms with Crippen molar-refractivity contribution in [3.63, 3.8) is 0 Å². The van der Waals surface area contributed by atoms with Gasteiger partial charge in [-0.1, -0.05) is 0 Å². The van der Waals surface area contributed by atoms with E-state index in [2.05, 4.69) is 4.99 Å². The molecule has 0 aliphatic carbocycles. The van der Waals surface area contributed by atoms with Gasteiger partial charge in [-0.15, -0.1) is 0 Å². The summed E-state index contributed by atoms with van der Waals surface area (Å²) in [6.07, 6.45) is 0. The number of aliphatic imine (C=N–C) groups is 1. The van der Waals surface area contributed by atoms with Crippen LogP contribution in [0.4, 0.5) is 11.4 Å². The Balaban J connectivity index is 3.13. The molecule has 1 aromatic rings. The molecule has 0 radical (unpaired) electrons. The van der Waals surface area contributed by atoms with E-state index in [4.69, 9.17) is 17.2 Å². The molecule has 0 aromatic heterocycles. The Morgan fingerprint density at radius 1 is 1.25 bits per heavy atom. The molecule has 6 N–H and O–H groups in total. The molecule has 64 valence electrons. The molecule has 1 aromatic carbocycles. The van der Waals surface area contributed by atoms with Gasteiger partial charge in [0.1, 0.15) is 5.84 Å². The lowest BCUT2D eigenvalue weighted by Gasteiger charge is -2.03. The van der Waals surface area contributed by atoms with E-state index in [0.717, 1.165) is 5.56 Å². The summed E-state index contributed by atoms with van der Waals surface area (Å²) in [6, 6.07) is 5.20. The lowest BCUT2D eigenvalue weighted by Crippen LogP contribution is -2.13. The number of nitrogen functional groups attached to an aromatic ring is 2. The van der Waals surface area contributed by atoms with Crippen molar-refractivity contribution in [3.8, 4) is 0 Å². The molecule has 0 spiro atoms. The van der Waals surface area contributed by atoms with Crippen LogP contribution >= 0.6 is 0 Å². The van der Waals surface area contributed by atoms with Crippen LogP contribution in [0, 0.1) is 0 Å². The van der Waals surface area contributed by atoms with Crippen LogP contribution in [0.1, 0.15) is 5.56 Å². The quantitative estimate of drug-likeness (QED) is 0.314. The minimum Gasteiger partial charge on any atom is -0.397 e. The van der Waals surface area contributed by atoms with Crippen molar-refractivity contribution in [2.45, 2.75) is 0 Å². The van der Waals surface area contributed by atoms with Crippen molar-refractivity contribution in [3.05, 3.63) is 23.8 Å². The Hall–Kier alpha value is -1.71. The molecule has 0 atom stereocenters. The van der Waals surface area contributed by atoms with E-state index >= 15 is 0 Å². The first-order valence-electron chi connectivity index (χ1n) is 3.52. The lowest BCUT2D eigenvalue weighted by molar-refractivity contribution is 1.39. The van der Waals surface area contributed by atoms with Gasteiger partial charge >= 0.3 is 0 Å². The normalized spacial score (nSPS) is 11.6. The minimum atomic E-state index is 0.460. The van der Waals surface area contributed by atoms with Gasteiger partial charge in [-0.3, -0.25) is 4.99 Å². The highest BCUT2D eigenvalue weighted by Crippen LogP contribution is 2.15. The molecule has 0 amide bonds. The van der Waals surface area contributed by atoms with Crippen LogP contribution in [0.2, 0.25) is 0 Å². The van der Waals surface area contributed by atoms with Gasteiger partial charge < -0.3 is 17.2 Å². The summed E-state index contributed by atoms with van der Waals surface area (Å²) in [7, 11) is 1.63. The zero-order valence-electron chi connectivity index (χ0n) is 6.91. The maximum Gasteiger partial charge on any atom is 0.125 e. The summed E-state index contributed by atoms with van der Waals surface area (Å²) in [5.41, 5.74) is 18.5. The monoisotopic (exact) mass is 164 g/mol. The smallest absolute Gasteiger partial charge is 0.125 e. The molecule has 0 heterocycles. The van der Waals surface area contributed by atoms with E-state index in [1.165, 1.54) is 0 Å². The highest BCUT2D eigenvalue weighted by molar-refractivity contribution is 5.98. The van der Waals surface area contributed by atoms with E-state index in [1.807, 2.05) is 0 Å². The van der Waals surface area contributed by atoms with Crippen LogP contribution in [0.5, 0.6) is 0 Å². The van der Waals surface area contributed by atoms with Gasteiger partial charge in [0.2, 0.25) is 0 Å². The number of anilines is 2. The first-order valence-corrected chi connectivity index (χ1v) is 3.52. The SMILES string of the molecule is CN=C(N)c1ccc(N)c(N)c1. The highest BCUT2D eigenvalue weighted by Gasteiger charge is 1.99. The highest BCUT2D eigenvalue weighted by atomic mass is 14.8. The van der Waals surface area contributed by atoms with Crippen molar-refractivity contribution in [2.75, 3.05) is 18.5 Å². The first kappa shape index (κ1) is 8.39. The summed E-state index contributed by atoms with van der Waals surface area (Å²) >= 11 is 0. The van der Waals surface area contributed by atoms with Gasteiger partial charge in [-0.25, -0.2) is 0 Å². The Labute approximate surface area is 71.1 Å².